The van der Waals surface area contributed by atoms with Gasteiger partial charge in [0.15, 0.2) is 5.75 Å². The molecule has 0 N–H and O–H groups in total. The van der Waals surface area contributed by atoms with Gasteiger partial charge in [-0.3, -0.25) is 9.78 Å². The molecule has 0 bridgehead atoms. The van der Waals surface area contributed by atoms with Crippen molar-refractivity contribution >= 4 is 44.5 Å². The van der Waals surface area contributed by atoms with E-state index >= 15 is 0 Å². The number of alkyl halides is 4. The maximum Gasteiger partial charge on any atom is 0.573 e. The number of hydrogen-bond donors (Lipinski definition) is 0. The number of methoxy groups -OCH3 is 1. The first kappa shape index (κ1) is 16.5. The van der Waals surface area contributed by atoms with Gasteiger partial charge in [0, 0.05) is 10.9 Å². The fraction of sp³-hybridized carbons (Fsp3) is 0.400. The summed E-state index contributed by atoms with van der Waals surface area (Å²) in [4.78, 5) is 15.1. The van der Waals surface area contributed by atoms with E-state index in [4.69, 9.17) is 0 Å². The van der Waals surface area contributed by atoms with Crippen LogP contribution in [0.2, 0.25) is 0 Å². The molecular weight excluding hydrogens is 446 g/mol. The minimum absolute atomic E-state index is 0.169. The van der Waals surface area contributed by atoms with E-state index in [1.165, 1.54) is 7.11 Å². The molecule has 0 saturated heterocycles. The lowest BCUT2D eigenvalue weighted by molar-refractivity contribution is -0.275. The highest BCUT2D eigenvalue weighted by atomic mass is 127. The Balaban J connectivity index is 3.18. The van der Waals surface area contributed by atoms with Crippen molar-refractivity contribution in [3.05, 3.63) is 21.0 Å². The van der Waals surface area contributed by atoms with Crippen molar-refractivity contribution in [1.82, 2.24) is 4.98 Å². The molecule has 1 aromatic rings. The molecule has 0 radical (unpaired) electrons. The molecule has 0 amide bonds. The third-order valence-corrected chi connectivity index (χ3v) is 3.78. The summed E-state index contributed by atoms with van der Waals surface area (Å²) < 4.78 is 45.2. The van der Waals surface area contributed by atoms with Gasteiger partial charge in [-0.25, -0.2) is 0 Å². The maximum absolute atomic E-state index is 12.2. The first-order valence-corrected chi connectivity index (χ1v) is 7.03. The third-order valence-electron chi connectivity index (χ3n) is 2.07. The van der Waals surface area contributed by atoms with E-state index in [9.17, 15) is 18.0 Å². The molecular formula is C10H8BrF3INO3. The minimum atomic E-state index is -4.81. The quantitative estimate of drug-likeness (QED) is 0.399. The number of aromatic nitrogens is 1. The average molecular weight is 454 g/mol. The van der Waals surface area contributed by atoms with Gasteiger partial charge < -0.3 is 9.47 Å². The van der Waals surface area contributed by atoms with E-state index in [0.29, 0.717) is 16.6 Å². The van der Waals surface area contributed by atoms with Gasteiger partial charge in [0.2, 0.25) is 0 Å². The summed E-state index contributed by atoms with van der Waals surface area (Å²) >= 11 is 4.85. The Morgan fingerprint density at radius 1 is 1.53 bits per heavy atom. The molecule has 4 nitrogen and oxygen atoms in total. The number of nitrogens with zero attached hydrogens (tertiary/aromatic N) is 1. The van der Waals surface area contributed by atoms with Crippen LogP contribution in [0.1, 0.15) is 11.3 Å². The summed E-state index contributed by atoms with van der Waals surface area (Å²) in [7, 11) is 1.20. The second kappa shape index (κ2) is 6.73. The van der Waals surface area contributed by atoms with Crippen LogP contribution in [0.15, 0.2) is 6.20 Å². The van der Waals surface area contributed by atoms with Crippen molar-refractivity contribution in [3.8, 4) is 5.75 Å². The summed E-state index contributed by atoms with van der Waals surface area (Å²) in [6.45, 7) is 0. The van der Waals surface area contributed by atoms with Gasteiger partial charge in [-0.05, 0) is 22.6 Å². The molecule has 1 rings (SSSR count). The van der Waals surface area contributed by atoms with Crippen LogP contribution in [-0.4, -0.2) is 24.4 Å². The second-order valence-electron chi connectivity index (χ2n) is 3.30. The zero-order valence-electron chi connectivity index (χ0n) is 9.55. The lowest BCUT2D eigenvalue weighted by atomic mass is 10.1. The summed E-state index contributed by atoms with van der Waals surface area (Å²) in [6, 6.07) is 0. The highest BCUT2D eigenvalue weighted by Crippen LogP contribution is 2.31. The Bertz CT molecular complexity index is 482. The summed E-state index contributed by atoms with van der Waals surface area (Å²) in [5.41, 5.74) is 0.815. The van der Waals surface area contributed by atoms with Gasteiger partial charge in [-0.15, -0.1) is 13.2 Å². The Labute approximate surface area is 128 Å². The van der Waals surface area contributed by atoms with Crippen molar-refractivity contribution in [1.29, 1.82) is 0 Å². The summed E-state index contributed by atoms with van der Waals surface area (Å²) in [6.07, 6.45) is -4.00. The summed E-state index contributed by atoms with van der Waals surface area (Å²) in [5.74, 6) is -0.997. The van der Waals surface area contributed by atoms with Crippen molar-refractivity contribution in [2.75, 3.05) is 7.11 Å². The van der Waals surface area contributed by atoms with E-state index in [1.807, 2.05) is 0 Å². The van der Waals surface area contributed by atoms with Crippen LogP contribution < -0.4 is 4.74 Å². The lowest BCUT2D eigenvalue weighted by Gasteiger charge is -2.14. The molecule has 19 heavy (non-hydrogen) atoms. The lowest BCUT2D eigenvalue weighted by Crippen LogP contribution is -2.19. The molecule has 0 aliphatic carbocycles. The number of hydrogen-bond acceptors (Lipinski definition) is 4. The molecule has 0 atom stereocenters. The monoisotopic (exact) mass is 453 g/mol. The van der Waals surface area contributed by atoms with Crippen LogP contribution in [0.5, 0.6) is 5.75 Å². The average Bonchev–Trinajstić information content (AvgIpc) is 2.32. The number of carbonyl (C=O) groups is 1. The molecule has 9 heteroatoms. The van der Waals surface area contributed by atoms with Crippen LogP contribution in [0.3, 0.4) is 0 Å². The highest BCUT2D eigenvalue weighted by molar-refractivity contribution is 14.1. The fourth-order valence-corrected chi connectivity index (χ4v) is 2.49. The minimum Gasteiger partial charge on any atom is -0.469 e. The Morgan fingerprint density at radius 3 is 2.63 bits per heavy atom. The Kier molecular flexibility index (Phi) is 5.83. The number of carbonyl (C=O) groups excluding carboxylic acids is 1. The molecule has 1 heterocycles. The number of ether oxygens (including phenoxy) is 2. The van der Waals surface area contributed by atoms with Gasteiger partial charge in [0.25, 0.3) is 0 Å². The molecule has 0 unspecified atom stereocenters. The zero-order valence-corrected chi connectivity index (χ0v) is 13.3. The molecule has 106 valence electrons. The highest BCUT2D eigenvalue weighted by Gasteiger charge is 2.33. The topological polar surface area (TPSA) is 48.4 Å². The number of halogens is 5. The Morgan fingerprint density at radius 2 is 2.16 bits per heavy atom. The van der Waals surface area contributed by atoms with Crippen molar-refractivity contribution in [2.24, 2.45) is 0 Å². The standard InChI is InChI=1S/C10H8BrF3INO3/c1-18-8(17)2-5-6(3-11)16-4-7(9(5)15)19-10(12,13)14/h4H,2-3H2,1H3. The smallest absolute Gasteiger partial charge is 0.469 e. The first-order chi connectivity index (χ1) is 8.78. The van der Waals surface area contributed by atoms with E-state index in [-0.39, 0.29) is 9.99 Å². The number of esters is 1. The number of pyridine rings is 1. The van der Waals surface area contributed by atoms with E-state index in [0.717, 1.165) is 6.20 Å². The van der Waals surface area contributed by atoms with Gasteiger partial charge >= 0.3 is 12.3 Å². The fourth-order valence-electron chi connectivity index (χ4n) is 1.25. The third kappa shape index (κ3) is 4.79. The normalized spacial score (nSPS) is 11.3. The molecule has 0 fully saturated rings. The van der Waals surface area contributed by atoms with Gasteiger partial charge in [-0.2, -0.15) is 0 Å². The van der Waals surface area contributed by atoms with Gasteiger partial charge in [0.05, 0.1) is 29.0 Å². The second-order valence-corrected chi connectivity index (χ2v) is 4.94. The van der Waals surface area contributed by atoms with E-state index in [1.54, 1.807) is 22.6 Å². The SMILES string of the molecule is COC(=O)Cc1c(CBr)ncc(OC(F)(F)F)c1I. The predicted molar refractivity (Wildman–Crippen MR) is 72.0 cm³/mol. The number of rotatable bonds is 4. The molecule has 0 aromatic carbocycles. The Hall–Kier alpha value is -0.580. The molecule has 0 aliphatic heterocycles. The van der Waals surface area contributed by atoms with Crippen LogP contribution >= 0.6 is 38.5 Å². The summed E-state index contributed by atoms with van der Waals surface area (Å²) in [5, 5.41) is 0.307. The molecule has 0 spiro atoms. The van der Waals surface area contributed by atoms with Crippen LogP contribution in [-0.2, 0) is 21.3 Å². The molecule has 0 aliphatic rings. The van der Waals surface area contributed by atoms with Gasteiger partial charge in [0.1, 0.15) is 0 Å². The maximum atomic E-state index is 12.2. The van der Waals surface area contributed by atoms with Crippen LogP contribution in [0.25, 0.3) is 0 Å². The van der Waals surface area contributed by atoms with Crippen molar-refractivity contribution < 1.29 is 27.4 Å². The van der Waals surface area contributed by atoms with E-state index in [2.05, 4.69) is 30.4 Å². The largest absolute Gasteiger partial charge is 0.573 e. The molecule has 0 saturated carbocycles. The van der Waals surface area contributed by atoms with Crippen LogP contribution in [0, 0.1) is 3.57 Å². The van der Waals surface area contributed by atoms with Gasteiger partial charge in [-0.1, -0.05) is 15.9 Å². The van der Waals surface area contributed by atoms with E-state index < -0.39 is 18.1 Å². The zero-order chi connectivity index (χ0) is 14.6. The molecule has 1 aromatic heterocycles. The first-order valence-electron chi connectivity index (χ1n) is 4.83. The van der Waals surface area contributed by atoms with Crippen LogP contribution in [0.4, 0.5) is 13.2 Å². The van der Waals surface area contributed by atoms with Crippen molar-refractivity contribution in [2.45, 2.75) is 18.1 Å². The predicted octanol–water partition coefficient (Wildman–Crippen LogP) is 3.20. The van der Waals surface area contributed by atoms with Crippen molar-refractivity contribution in [3.63, 3.8) is 0 Å².